The fourth-order valence-corrected chi connectivity index (χ4v) is 4.74. The molecule has 3 fully saturated rings. The van der Waals surface area contributed by atoms with Crippen molar-refractivity contribution in [1.29, 1.82) is 0 Å². The van der Waals surface area contributed by atoms with Crippen molar-refractivity contribution in [3.8, 4) is 5.75 Å². The van der Waals surface area contributed by atoms with Crippen LogP contribution in [0.1, 0.15) is 38.5 Å². The Kier molecular flexibility index (Phi) is 5.20. The van der Waals surface area contributed by atoms with E-state index in [9.17, 15) is 4.79 Å². The molecule has 0 radical (unpaired) electrons. The minimum absolute atomic E-state index is 0.227. The van der Waals surface area contributed by atoms with Crippen LogP contribution in [0.3, 0.4) is 0 Å². The van der Waals surface area contributed by atoms with E-state index in [1.807, 2.05) is 12.1 Å². The molecule has 1 amide bonds. The van der Waals surface area contributed by atoms with Gasteiger partial charge in [0.1, 0.15) is 11.9 Å². The lowest BCUT2D eigenvalue weighted by Gasteiger charge is -2.25. The average Bonchev–Trinajstić information content (AvgIpc) is 3.11. The highest BCUT2D eigenvalue weighted by molar-refractivity contribution is 5.78. The minimum atomic E-state index is 0.227. The van der Waals surface area contributed by atoms with E-state index in [1.54, 1.807) is 12.4 Å². The van der Waals surface area contributed by atoms with Gasteiger partial charge in [-0.05, 0) is 56.8 Å². The third-order valence-electron chi connectivity index (χ3n) is 6.12. The molecule has 1 aromatic rings. The second-order valence-corrected chi connectivity index (χ2v) is 7.84. The Balaban J connectivity index is 1.32. The van der Waals surface area contributed by atoms with Crippen molar-refractivity contribution in [3.63, 3.8) is 0 Å². The van der Waals surface area contributed by atoms with Crippen LogP contribution in [0.15, 0.2) is 24.5 Å². The van der Waals surface area contributed by atoms with Crippen molar-refractivity contribution >= 4 is 5.91 Å². The summed E-state index contributed by atoms with van der Waals surface area (Å²) in [7, 11) is 0. The maximum Gasteiger partial charge on any atom is 0.236 e. The largest absolute Gasteiger partial charge is 0.488 e. The van der Waals surface area contributed by atoms with E-state index in [0.717, 1.165) is 38.3 Å². The fourth-order valence-electron chi connectivity index (χ4n) is 4.74. The number of amides is 1. The van der Waals surface area contributed by atoms with Gasteiger partial charge in [0.15, 0.2) is 0 Å². The summed E-state index contributed by atoms with van der Waals surface area (Å²) in [5, 5.41) is 0. The average molecular weight is 343 g/mol. The van der Waals surface area contributed by atoms with Crippen LogP contribution in [-0.2, 0) is 4.79 Å². The molecular formula is C20H29N3O2. The number of nitrogens with zero attached hydrogens (tertiary/aromatic N) is 3. The number of rotatable bonds is 4. The molecule has 5 nitrogen and oxygen atoms in total. The van der Waals surface area contributed by atoms with Gasteiger partial charge in [0.2, 0.25) is 5.91 Å². The number of hydrogen-bond donors (Lipinski definition) is 0. The van der Waals surface area contributed by atoms with E-state index in [4.69, 9.17) is 4.74 Å². The van der Waals surface area contributed by atoms with Crippen LogP contribution in [0.4, 0.5) is 0 Å². The summed E-state index contributed by atoms with van der Waals surface area (Å²) in [5.41, 5.74) is 0. The molecule has 0 N–H and O–H groups in total. The first kappa shape index (κ1) is 16.8. The van der Waals surface area contributed by atoms with Gasteiger partial charge in [-0.15, -0.1) is 0 Å². The van der Waals surface area contributed by atoms with Crippen molar-refractivity contribution in [2.24, 2.45) is 11.8 Å². The van der Waals surface area contributed by atoms with Crippen LogP contribution in [0, 0.1) is 11.8 Å². The van der Waals surface area contributed by atoms with Crippen LogP contribution < -0.4 is 4.74 Å². The Morgan fingerprint density at radius 3 is 2.76 bits per heavy atom. The topological polar surface area (TPSA) is 45.7 Å². The number of ether oxygens (including phenoxy) is 1. The Hall–Kier alpha value is -1.62. The van der Waals surface area contributed by atoms with E-state index in [2.05, 4.69) is 14.8 Å². The molecule has 4 rings (SSSR count). The summed E-state index contributed by atoms with van der Waals surface area (Å²) in [6, 6.07) is 3.88. The monoisotopic (exact) mass is 343 g/mol. The summed E-state index contributed by atoms with van der Waals surface area (Å²) in [6.07, 6.45) is 11.1. The van der Waals surface area contributed by atoms with Crippen LogP contribution in [0.2, 0.25) is 0 Å². The molecule has 25 heavy (non-hydrogen) atoms. The van der Waals surface area contributed by atoms with Crippen molar-refractivity contribution in [3.05, 3.63) is 24.5 Å². The van der Waals surface area contributed by atoms with E-state index in [1.165, 1.54) is 32.1 Å². The highest BCUT2D eigenvalue weighted by Crippen LogP contribution is 2.40. The van der Waals surface area contributed by atoms with Gasteiger partial charge >= 0.3 is 0 Å². The van der Waals surface area contributed by atoms with Crippen LogP contribution in [0.25, 0.3) is 0 Å². The summed E-state index contributed by atoms with van der Waals surface area (Å²) < 4.78 is 6.17. The molecule has 3 atom stereocenters. The molecular weight excluding hydrogens is 314 g/mol. The lowest BCUT2D eigenvalue weighted by molar-refractivity contribution is -0.131. The predicted octanol–water partition coefficient (Wildman–Crippen LogP) is 2.57. The molecule has 0 unspecified atom stereocenters. The molecule has 0 spiro atoms. The molecule has 3 aliphatic rings. The minimum Gasteiger partial charge on any atom is -0.488 e. The fraction of sp³-hybridized carbons (Fsp3) is 0.700. The molecule has 1 aromatic heterocycles. The second-order valence-electron chi connectivity index (χ2n) is 7.84. The number of pyridine rings is 1. The third kappa shape index (κ3) is 3.97. The number of aromatic nitrogens is 1. The van der Waals surface area contributed by atoms with Gasteiger partial charge in [-0.1, -0.05) is 12.8 Å². The molecule has 3 heterocycles. The van der Waals surface area contributed by atoms with E-state index in [-0.39, 0.29) is 6.10 Å². The van der Waals surface area contributed by atoms with Gasteiger partial charge in [0.05, 0.1) is 12.7 Å². The zero-order chi connectivity index (χ0) is 17.1. The van der Waals surface area contributed by atoms with Crippen LogP contribution in [0.5, 0.6) is 5.75 Å². The first-order chi connectivity index (χ1) is 12.3. The van der Waals surface area contributed by atoms with Gasteiger partial charge in [-0.3, -0.25) is 14.7 Å². The highest BCUT2D eigenvalue weighted by atomic mass is 16.5. The number of likely N-dealkylation sites (tertiary alicyclic amines) is 2. The van der Waals surface area contributed by atoms with Crippen molar-refractivity contribution in [1.82, 2.24) is 14.8 Å². The van der Waals surface area contributed by atoms with E-state index < -0.39 is 0 Å². The SMILES string of the molecule is O=C(CN1CCCCCC1)N1C[C@H]2CC[C@H](Oc3cccnc3)[C@H]2C1. The van der Waals surface area contributed by atoms with Crippen LogP contribution >= 0.6 is 0 Å². The lowest BCUT2D eigenvalue weighted by Crippen LogP contribution is -2.40. The molecule has 1 saturated carbocycles. The first-order valence-corrected chi connectivity index (χ1v) is 9.86. The Bertz CT molecular complexity index is 572. The second kappa shape index (κ2) is 7.73. The molecule has 2 aliphatic heterocycles. The van der Waals surface area contributed by atoms with Crippen molar-refractivity contribution in [2.75, 3.05) is 32.7 Å². The molecule has 0 aromatic carbocycles. The van der Waals surface area contributed by atoms with Gasteiger partial charge in [-0.2, -0.15) is 0 Å². The van der Waals surface area contributed by atoms with Crippen molar-refractivity contribution in [2.45, 2.75) is 44.6 Å². The summed E-state index contributed by atoms with van der Waals surface area (Å²) in [5.74, 6) is 2.25. The molecule has 2 saturated heterocycles. The van der Waals surface area contributed by atoms with E-state index in [0.29, 0.717) is 24.3 Å². The summed E-state index contributed by atoms with van der Waals surface area (Å²) >= 11 is 0. The molecule has 5 heteroatoms. The zero-order valence-electron chi connectivity index (χ0n) is 15.0. The van der Waals surface area contributed by atoms with Gasteiger partial charge in [0, 0.05) is 25.2 Å². The van der Waals surface area contributed by atoms with Crippen molar-refractivity contribution < 1.29 is 9.53 Å². The maximum atomic E-state index is 12.8. The molecule has 0 bridgehead atoms. The Labute approximate surface area is 150 Å². The Morgan fingerprint density at radius 2 is 2.00 bits per heavy atom. The summed E-state index contributed by atoms with van der Waals surface area (Å²) in [6.45, 7) is 4.55. The maximum absolute atomic E-state index is 12.8. The quantitative estimate of drug-likeness (QED) is 0.843. The molecule has 1 aliphatic carbocycles. The highest BCUT2D eigenvalue weighted by Gasteiger charge is 2.45. The zero-order valence-corrected chi connectivity index (χ0v) is 15.0. The standard InChI is InChI=1S/C20H29N3O2/c24-20(15-22-10-3-1-2-4-11-22)23-13-16-7-8-19(18(16)14-23)25-17-6-5-9-21-12-17/h5-6,9,12,16,18-19H,1-4,7-8,10-11,13-15H2/t16-,18+,19+/m1/s1. The van der Waals surface area contributed by atoms with Gasteiger partial charge < -0.3 is 9.64 Å². The number of hydrogen-bond acceptors (Lipinski definition) is 4. The predicted molar refractivity (Wildman–Crippen MR) is 96.4 cm³/mol. The first-order valence-electron chi connectivity index (χ1n) is 9.86. The smallest absolute Gasteiger partial charge is 0.236 e. The summed E-state index contributed by atoms with van der Waals surface area (Å²) in [4.78, 5) is 21.3. The number of carbonyl (C=O) groups excluding carboxylic acids is 1. The normalized spacial score (nSPS) is 30.1. The lowest BCUT2D eigenvalue weighted by atomic mass is 9.99. The van der Waals surface area contributed by atoms with Gasteiger partial charge in [0.25, 0.3) is 0 Å². The number of carbonyl (C=O) groups is 1. The van der Waals surface area contributed by atoms with Gasteiger partial charge in [-0.25, -0.2) is 0 Å². The Morgan fingerprint density at radius 1 is 1.16 bits per heavy atom. The third-order valence-corrected chi connectivity index (χ3v) is 6.12. The molecule has 136 valence electrons. The van der Waals surface area contributed by atoms with E-state index >= 15 is 0 Å². The van der Waals surface area contributed by atoms with Crippen LogP contribution in [-0.4, -0.2) is 59.5 Å². The number of fused-ring (bicyclic) bond motifs is 1.